The Morgan fingerprint density at radius 1 is 1.40 bits per heavy atom. The van der Waals surface area contributed by atoms with Gasteiger partial charge in [0.25, 0.3) is 0 Å². The predicted octanol–water partition coefficient (Wildman–Crippen LogP) is 1.87. The molecule has 0 unspecified atom stereocenters. The van der Waals surface area contributed by atoms with Crippen LogP contribution < -0.4 is 0 Å². The zero-order valence-electron chi connectivity index (χ0n) is 11.2. The SMILES string of the molecule is CC1=CCCN(S(=O)(=O)Cc2cccc(C(=O)O)c2)C1. The maximum absolute atomic E-state index is 12.3. The Bertz CT molecular complexity index is 649. The van der Waals surface area contributed by atoms with Gasteiger partial charge >= 0.3 is 5.97 Å². The van der Waals surface area contributed by atoms with E-state index in [0.717, 1.165) is 12.0 Å². The summed E-state index contributed by atoms with van der Waals surface area (Å²) >= 11 is 0. The van der Waals surface area contributed by atoms with E-state index in [0.29, 0.717) is 18.7 Å². The first-order chi connectivity index (χ1) is 9.38. The Balaban J connectivity index is 2.18. The highest BCUT2D eigenvalue weighted by Crippen LogP contribution is 2.17. The smallest absolute Gasteiger partial charge is 0.335 e. The second-order valence-electron chi connectivity index (χ2n) is 4.93. The summed E-state index contributed by atoms with van der Waals surface area (Å²) in [5.74, 6) is -1.22. The molecule has 0 radical (unpaired) electrons. The average molecular weight is 295 g/mol. The second kappa shape index (κ2) is 5.76. The molecule has 1 aliphatic heterocycles. The summed E-state index contributed by atoms with van der Waals surface area (Å²) < 4.78 is 26.1. The van der Waals surface area contributed by atoms with Gasteiger partial charge in [-0.3, -0.25) is 0 Å². The van der Waals surface area contributed by atoms with Crippen LogP contribution in [0.4, 0.5) is 0 Å². The monoisotopic (exact) mass is 295 g/mol. The van der Waals surface area contributed by atoms with Crippen LogP contribution in [0, 0.1) is 0 Å². The Kier molecular flexibility index (Phi) is 4.25. The van der Waals surface area contributed by atoms with Crippen LogP contribution in [0.3, 0.4) is 0 Å². The van der Waals surface area contributed by atoms with Crippen molar-refractivity contribution < 1.29 is 18.3 Å². The molecule has 0 spiro atoms. The van der Waals surface area contributed by atoms with Crippen LogP contribution in [0.2, 0.25) is 0 Å². The van der Waals surface area contributed by atoms with Crippen molar-refractivity contribution in [2.75, 3.05) is 13.1 Å². The number of hydrogen-bond donors (Lipinski definition) is 1. The van der Waals surface area contributed by atoms with E-state index in [1.807, 2.05) is 13.0 Å². The zero-order chi connectivity index (χ0) is 14.8. The lowest BCUT2D eigenvalue weighted by Gasteiger charge is -2.25. The second-order valence-corrected chi connectivity index (χ2v) is 6.90. The van der Waals surface area contributed by atoms with Crippen molar-refractivity contribution in [3.05, 3.63) is 47.0 Å². The molecule has 1 aromatic carbocycles. The van der Waals surface area contributed by atoms with Crippen molar-refractivity contribution in [1.29, 1.82) is 0 Å². The maximum Gasteiger partial charge on any atom is 0.335 e. The molecule has 1 aromatic rings. The van der Waals surface area contributed by atoms with E-state index in [1.54, 1.807) is 12.1 Å². The largest absolute Gasteiger partial charge is 0.478 e. The third kappa shape index (κ3) is 3.46. The van der Waals surface area contributed by atoms with Crippen molar-refractivity contribution in [2.24, 2.45) is 0 Å². The number of carboxylic acid groups (broad SMARTS) is 1. The van der Waals surface area contributed by atoms with Crippen LogP contribution in [0.15, 0.2) is 35.9 Å². The highest BCUT2D eigenvalue weighted by molar-refractivity contribution is 7.88. The van der Waals surface area contributed by atoms with Gasteiger partial charge in [-0.25, -0.2) is 13.2 Å². The standard InChI is InChI=1S/C14H17NO4S/c1-11-4-3-7-15(9-11)20(18,19)10-12-5-2-6-13(8-12)14(16)17/h2,4-6,8H,3,7,9-10H2,1H3,(H,16,17). The molecule has 0 bridgehead atoms. The number of rotatable bonds is 4. The third-order valence-corrected chi connectivity index (χ3v) is 5.01. The molecule has 0 aliphatic carbocycles. The first-order valence-electron chi connectivity index (χ1n) is 6.34. The first-order valence-corrected chi connectivity index (χ1v) is 7.95. The van der Waals surface area contributed by atoms with Crippen molar-refractivity contribution in [3.63, 3.8) is 0 Å². The molecule has 0 aromatic heterocycles. The molecule has 1 aliphatic rings. The first kappa shape index (κ1) is 14.7. The number of aromatic carboxylic acids is 1. The van der Waals surface area contributed by atoms with Gasteiger partial charge in [0, 0.05) is 13.1 Å². The van der Waals surface area contributed by atoms with Gasteiger partial charge in [-0.1, -0.05) is 23.8 Å². The molecule has 20 heavy (non-hydrogen) atoms. The molecule has 5 nitrogen and oxygen atoms in total. The molecular weight excluding hydrogens is 278 g/mol. The maximum atomic E-state index is 12.3. The van der Waals surface area contributed by atoms with Crippen LogP contribution in [0.1, 0.15) is 29.3 Å². The Hall–Kier alpha value is -1.66. The Morgan fingerprint density at radius 2 is 2.15 bits per heavy atom. The molecule has 0 fully saturated rings. The number of nitrogens with zero attached hydrogens (tertiary/aromatic N) is 1. The molecule has 1 N–H and O–H groups in total. The normalized spacial score (nSPS) is 16.8. The fourth-order valence-electron chi connectivity index (χ4n) is 2.21. The quantitative estimate of drug-likeness (QED) is 0.860. The van der Waals surface area contributed by atoms with E-state index in [9.17, 15) is 13.2 Å². The fraction of sp³-hybridized carbons (Fsp3) is 0.357. The number of carbonyl (C=O) groups is 1. The summed E-state index contributed by atoms with van der Waals surface area (Å²) in [6.07, 6.45) is 2.76. The van der Waals surface area contributed by atoms with E-state index in [-0.39, 0.29) is 11.3 Å². The minimum atomic E-state index is -3.41. The number of sulfonamides is 1. The lowest BCUT2D eigenvalue weighted by molar-refractivity contribution is 0.0696. The summed E-state index contributed by atoms with van der Waals surface area (Å²) in [6, 6.07) is 6.06. The topological polar surface area (TPSA) is 74.7 Å². The van der Waals surface area contributed by atoms with Gasteiger partial charge in [-0.15, -0.1) is 0 Å². The van der Waals surface area contributed by atoms with E-state index >= 15 is 0 Å². The van der Waals surface area contributed by atoms with Gasteiger partial charge in [-0.2, -0.15) is 4.31 Å². The minimum Gasteiger partial charge on any atom is -0.478 e. The molecule has 0 saturated heterocycles. The number of hydrogen-bond acceptors (Lipinski definition) is 3. The van der Waals surface area contributed by atoms with Gasteiger partial charge in [0.1, 0.15) is 0 Å². The van der Waals surface area contributed by atoms with Crippen molar-refractivity contribution in [2.45, 2.75) is 19.1 Å². The van der Waals surface area contributed by atoms with Gasteiger partial charge in [-0.05, 0) is 31.0 Å². The molecule has 0 atom stereocenters. The Morgan fingerprint density at radius 3 is 2.80 bits per heavy atom. The third-order valence-electron chi connectivity index (χ3n) is 3.21. The van der Waals surface area contributed by atoms with E-state index < -0.39 is 16.0 Å². The summed E-state index contributed by atoms with van der Waals surface area (Å²) in [7, 11) is -3.41. The van der Waals surface area contributed by atoms with Crippen LogP contribution in [0.25, 0.3) is 0 Å². The van der Waals surface area contributed by atoms with E-state index in [4.69, 9.17) is 5.11 Å². The van der Waals surface area contributed by atoms with Gasteiger partial charge in [0.05, 0.1) is 11.3 Å². The highest BCUT2D eigenvalue weighted by Gasteiger charge is 2.24. The molecule has 1 heterocycles. The lowest BCUT2D eigenvalue weighted by Crippen LogP contribution is -2.36. The number of carboxylic acids is 1. The minimum absolute atomic E-state index is 0.104. The van der Waals surface area contributed by atoms with Crippen LogP contribution >= 0.6 is 0 Å². The molecule has 2 rings (SSSR count). The predicted molar refractivity (Wildman–Crippen MR) is 76.0 cm³/mol. The van der Waals surface area contributed by atoms with E-state index in [2.05, 4.69) is 0 Å². The summed E-state index contributed by atoms with van der Waals surface area (Å²) in [5, 5.41) is 8.92. The van der Waals surface area contributed by atoms with Gasteiger partial charge in [0.15, 0.2) is 0 Å². The number of benzene rings is 1. The zero-order valence-corrected chi connectivity index (χ0v) is 12.1. The van der Waals surface area contributed by atoms with E-state index in [1.165, 1.54) is 16.4 Å². The van der Waals surface area contributed by atoms with Gasteiger partial charge in [0.2, 0.25) is 10.0 Å². The van der Waals surface area contributed by atoms with Crippen LogP contribution in [0.5, 0.6) is 0 Å². The fourth-order valence-corrected chi connectivity index (χ4v) is 3.78. The van der Waals surface area contributed by atoms with Crippen LogP contribution in [-0.4, -0.2) is 36.9 Å². The van der Waals surface area contributed by atoms with Crippen molar-refractivity contribution in [1.82, 2.24) is 4.31 Å². The van der Waals surface area contributed by atoms with Crippen molar-refractivity contribution >= 4 is 16.0 Å². The van der Waals surface area contributed by atoms with Gasteiger partial charge < -0.3 is 5.11 Å². The van der Waals surface area contributed by atoms with Crippen LogP contribution in [-0.2, 0) is 15.8 Å². The summed E-state index contributed by atoms with van der Waals surface area (Å²) in [5.41, 5.74) is 1.64. The van der Waals surface area contributed by atoms with Crippen molar-refractivity contribution in [3.8, 4) is 0 Å². The Labute approximate surface area is 118 Å². The molecule has 6 heteroatoms. The molecular formula is C14H17NO4S. The summed E-state index contributed by atoms with van der Waals surface area (Å²) in [6.45, 7) is 2.81. The molecule has 0 amide bonds. The summed E-state index contributed by atoms with van der Waals surface area (Å²) in [4.78, 5) is 10.9. The molecule has 0 saturated carbocycles. The molecule has 108 valence electrons. The lowest BCUT2D eigenvalue weighted by atomic mass is 10.1. The average Bonchev–Trinajstić information content (AvgIpc) is 2.38. The highest BCUT2D eigenvalue weighted by atomic mass is 32.2.